The molecule has 1 unspecified atom stereocenters. The van der Waals surface area contributed by atoms with Crippen LogP contribution in [0.4, 0.5) is 0 Å². The van der Waals surface area contributed by atoms with Gasteiger partial charge in [0.1, 0.15) is 6.04 Å². The van der Waals surface area contributed by atoms with Crippen LogP contribution in [0.1, 0.15) is 34.0 Å². The first-order valence-corrected chi connectivity index (χ1v) is 8.56. The summed E-state index contributed by atoms with van der Waals surface area (Å²) in [5, 5.41) is 9.41. The molecule has 0 radical (unpaired) electrons. The average molecular weight is 358 g/mol. The van der Waals surface area contributed by atoms with Gasteiger partial charge in [-0.05, 0) is 47.9 Å². The minimum absolute atomic E-state index is 0.221. The molecule has 0 bridgehead atoms. The number of carbonyl (C=O) groups is 2. The normalized spacial score (nSPS) is 13.8. The number of carbonyl (C=O) groups excluding carboxylic acids is 2. The second kappa shape index (κ2) is 7.68. The van der Waals surface area contributed by atoms with Crippen LogP contribution in [-0.2, 0) is 24.4 Å². The van der Waals surface area contributed by atoms with Gasteiger partial charge in [0.05, 0.1) is 0 Å². The minimum atomic E-state index is -0.626. The standard InChI is InChI=1S/C19H20ClN3O2/c1-12(23-19(25)14-4-6-17(20)7-5-14)18(24)22-9-13-2-3-15-10-21-11-16(15)8-13/h2-8,12,21H,9-11H2,1H3,(H,22,24)(H,23,25). The molecule has 25 heavy (non-hydrogen) atoms. The lowest BCUT2D eigenvalue weighted by atomic mass is 10.1. The quantitative estimate of drug-likeness (QED) is 0.769. The van der Waals surface area contributed by atoms with Crippen LogP contribution < -0.4 is 16.0 Å². The van der Waals surface area contributed by atoms with E-state index in [1.807, 2.05) is 6.07 Å². The van der Waals surface area contributed by atoms with Crippen LogP contribution in [0.3, 0.4) is 0 Å². The Labute approximate surface area is 151 Å². The highest BCUT2D eigenvalue weighted by molar-refractivity contribution is 6.30. The van der Waals surface area contributed by atoms with Gasteiger partial charge in [0.2, 0.25) is 5.91 Å². The zero-order valence-corrected chi connectivity index (χ0v) is 14.7. The topological polar surface area (TPSA) is 70.2 Å². The van der Waals surface area contributed by atoms with Crippen LogP contribution in [0.25, 0.3) is 0 Å². The molecular weight excluding hydrogens is 338 g/mol. The Morgan fingerprint density at radius 1 is 1.12 bits per heavy atom. The Kier molecular flexibility index (Phi) is 5.36. The lowest BCUT2D eigenvalue weighted by Gasteiger charge is -2.14. The molecule has 0 fully saturated rings. The van der Waals surface area contributed by atoms with Crippen LogP contribution in [-0.4, -0.2) is 17.9 Å². The lowest BCUT2D eigenvalue weighted by molar-refractivity contribution is -0.122. The number of rotatable bonds is 5. The number of benzene rings is 2. The predicted octanol–water partition coefficient (Wildman–Crippen LogP) is 2.38. The van der Waals surface area contributed by atoms with Gasteiger partial charge in [-0.25, -0.2) is 0 Å². The fraction of sp³-hybridized carbons (Fsp3) is 0.263. The summed E-state index contributed by atoms with van der Waals surface area (Å²) in [6.07, 6.45) is 0. The Hall–Kier alpha value is -2.37. The van der Waals surface area contributed by atoms with Crippen molar-refractivity contribution >= 4 is 23.4 Å². The molecule has 1 atom stereocenters. The van der Waals surface area contributed by atoms with Gasteiger partial charge in [-0.2, -0.15) is 0 Å². The smallest absolute Gasteiger partial charge is 0.251 e. The van der Waals surface area contributed by atoms with E-state index in [-0.39, 0.29) is 11.8 Å². The van der Waals surface area contributed by atoms with Crippen molar-refractivity contribution in [3.05, 3.63) is 69.7 Å². The van der Waals surface area contributed by atoms with Crippen molar-refractivity contribution < 1.29 is 9.59 Å². The highest BCUT2D eigenvalue weighted by Crippen LogP contribution is 2.17. The summed E-state index contributed by atoms with van der Waals surface area (Å²) in [5.74, 6) is -0.524. The van der Waals surface area contributed by atoms with E-state index >= 15 is 0 Å². The Morgan fingerprint density at radius 2 is 1.84 bits per heavy atom. The average Bonchev–Trinajstić information content (AvgIpc) is 3.07. The highest BCUT2D eigenvalue weighted by Gasteiger charge is 2.17. The van der Waals surface area contributed by atoms with E-state index in [4.69, 9.17) is 11.6 Å². The molecule has 0 aromatic heterocycles. The van der Waals surface area contributed by atoms with E-state index in [2.05, 4.69) is 28.1 Å². The van der Waals surface area contributed by atoms with Crippen LogP contribution >= 0.6 is 11.6 Å². The monoisotopic (exact) mass is 357 g/mol. The SMILES string of the molecule is CC(NC(=O)c1ccc(Cl)cc1)C(=O)NCc1ccc2c(c1)CNC2. The maximum absolute atomic E-state index is 12.2. The molecule has 1 heterocycles. The molecule has 3 rings (SSSR count). The molecule has 130 valence electrons. The fourth-order valence-electron chi connectivity index (χ4n) is 2.75. The van der Waals surface area contributed by atoms with Crippen molar-refractivity contribution in [2.45, 2.75) is 32.6 Å². The molecule has 1 aliphatic heterocycles. The zero-order valence-electron chi connectivity index (χ0n) is 13.9. The second-order valence-electron chi connectivity index (χ2n) is 6.13. The summed E-state index contributed by atoms with van der Waals surface area (Å²) < 4.78 is 0. The van der Waals surface area contributed by atoms with Gasteiger partial charge in [0.25, 0.3) is 5.91 Å². The molecule has 0 saturated carbocycles. The van der Waals surface area contributed by atoms with Crippen molar-refractivity contribution in [1.82, 2.24) is 16.0 Å². The Balaban J connectivity index is 1.52. The van der Waals surface area contributed by atoms with E-state index in [9.17, 15) is 9.59 Å². The number of halogens is 1. The Bertz CT molecular complexity index is 790. The highest BCUT2D eigenvalue weighted by atomic mass is 35.5. The first-order valence-electron chi connectivity index (χ1n) is 8.18. The molecule has 2 amide bonds. The molecule has 0 spiro atoms. The maximum Gasteiger partial charge on any atom is 0.251 e. The van der Waals surface area contributed by atoms with Crippen molar-refractivity contribution in [3.63, 3.8) is 0 Å². The number of nitrogens with one attached hydrogen (secondary N) is 3. The van der Waals surface area contributed by atoms with E-state index in [0.29, 0.717) is 17.1 Å². The summed E-state index contributed by atoms with van der Waals surface area (Å²) in [6, 6.07) is 12.1. The first kappa shape index (κ1) is 17.5. The van der Waals surface area contributed by atoms with Crippen LogP contribution in [0.15, 0.2) is 42.5 Å². The molecule has 3 N–H and O–H groups in total. The third-order valence-corrected chi connectivity index (χ3v) is 4.47. The Morgan fingerprint density at radius 3 is 2.60 bits per heavy atom. The van der Waals surface area contributed by atoms with Crippen LogP contribution in [0.5, 0.6) is 0 Å². The number of fused-ring (bicyclic) bond motifs is 1. The zero-order chi connectivity index (χ0) is 17.8. The van der Waals surface area contributed by atoms with Gasteiger partial charge in [-0.1, -0.05) is 29.8 Å². The van der Waals surface area contributed by atoms with Crippen molar-refractivity contribution in [3.8, 4) is 0 Å². The molecular formula is C19H20ClN3O2. The summed E-state index contributed by atoms with van der Waals surface area (Å²) in [4.78, 5) is 24.3. The van der Waals surface area contributed by atoms with E-state index < -0.39 is 6.04 Å². The molecule has 1 aliphatic rings. The minimum Gasteiger partial charge on any atom is -0.350 e. The van der Waals surface area contributed by atoms with E-state index in [0.717, 1.165) is 18.7 Å². The second-order valence-corrected chi connectivity index (χ2v) is 6.56. The number of amides is 2. The number of hydrogen-bond acceptors (Lipinski definition) is 3. The predicted molar refractivity (Wildman–Crippen MR) is 97.2 cm³/mol. The summed E-state index contributed by atoms with van der Waals surface area (Å²) in [5.41, 5.74) is 4.09. The maximum atomic E-state index is 12.2. The fourth-order valence-corrected chi connectivity index (χ4v) is 2.87. The van der Waals surface area contributed by atoms with Crippen LogP contribution in [0, 0.1) is 0 Å². The number of hydrogen-bond donors (Lipinski definition) is 3. The largest absolute Gasteiger partial charge is 0.350 e. The third kappa shape index (κ3) is 4.38. The van der Waals surface area contributed by atoms with Gasteiger partial charge in [-0.15, -0.1) is 0 Å². The summed E-state index contributed by atoms with van der Waals surface area (Å²) >= 11 is 5.81. The van der Waals surface area contributed by atoms with E-state index in [1.54, 1.807) is 31.2 Å². The molecule has 0 saturated heterocycles. The van der Waals surface area contributed by atoms with Crippen molar-refractivity contribution in [1.29, 1.82) is 0 Å². The molecule has 6 heteroatoms. The van der Waals surface area contributed by atoms with E-state index in [1.165, 1.54) is 11.1 Å². The van der Waals surface area contributed by atoms with Crippen molar-refractivity contribution in [2.75, 3.05) is 0 Å². The van der Waals surface area contributed by atoms with Gasteiger partial charge in [0, 0.05) is 30.2 Å². The van der Waals surface area contributed by atoms with Gasteiger partial charge < -0.3 is 16.0 Å². The first-order chi connectivity index (χ1) is 12.0. The molecule has 2 aromatic carbocycles. The molecule has 0 aliphatic carbocycles. The van der Waals surface area contributed by atoms with Gasteiger partial charge >= 0.3 is 0 Å². The summed E-state index contributed by atoms with van der Waals surface area (Å²) in [7, 11) is 0. The van der Waals surface area contributed by atoms with Crippen LogP contribution in [0.2, 0.25) is 5.02 Å². The van der Waals surface area contributed by atoms with Gasteiger partial charge in [-0.3, -0.25) is 9.59 Å². The summed E-state index contributed by atoms with van der Waals surface area (Å²) in [6.45, 7) is 3.86. The lowest BCUT2D eigenvalue weighted by Crippen LogP contribution is -2.44. The third-order valence-electron chi connectivity index (χ3n) is 4.22. The van der Waals surface area contributed by atoms with Crippen molar-refractivity contribution in [2.24, 2.45) is 0 Å². The molecule has 5 nitrogen and oxygen atoms in total. The van der Waals surface area contributed by atoms with Gasteiger partial charge in [0.15, 0.2) is 0 Å². The molecule has 2 aromatic rings.